The van der Waals surface area contributed by atoms with E-state index in [9.17, 15) is 8.42 Å². The van der Waals surface area contributed by atoms with Crippen molar-refractivity contribution in [3.05, 3.63) is 29.3 Å². The molecule has 0 spiro atoms. The Labute approximate surface area is 112 Å². The van der Waals surface area contributed by atoms with Gasteiger partial charge < -0.3 is 5.73 Å². The minimum Gasteiger partial charge on any atom is -0.327 e. The van der Waals surface area contributed by atoms with Gasteiger partial charge >= 0.3 is 0 Å². The van der Waals surface area contributed by atoms with Gasteiger partial charge in [0.2, 0.25) is 0 Å². The molecule has 0 aliphatic rings. The van der Waals surface area contributed by atoms with E-state index in [1.54, 1.807) is 11.8 Å². The fraction of sp³-hybridized carbons (Fsp3) is 0.455. The van der Waals surface area contributed by atoms with Crippen molar-refractivity contribution in [1.82, 2.24) is 0 Å². The molecule has 0 aliphatic heterocycles. The molecule has 1 aromatic rings. The summed E-state index contributed by atoms with van der Waals surface area (Å²) < 4.78 is 21.9. The zero-order chi connectivity index (χ0) is 12.9. The molecule has 0 heterocycles. The lowest BCUT2D eigenvalue weighted by Crippen LogP contribution is -2.25. The molecule has 17 heavy (non-hydrogen) atoms. The average molecular weight is 294 g/mol. The number of thioether (sulfide) groups is 1. The normalized spacial score (nSPS) is 13.6. The first kappa shape index (κ1) is 14.8. The minimum atomic E-state index is -2.91. The van der Waals surface area contributed by atoms with Crippen LogP contribution in [0.5, 0.6) is 0 Å². The number of sulfone groups is 1. The third-order valence-corrected chi connectivity index (χ3v) is 4.57. The Balaban J connectivity index is 2.33. The molecular weight excluding hydrogens is 278 g/mol. The molecule has 2 N–H and O–H groups in total. The smallest absolute Gasteiger partial charge is 0.147 e. The highest BCUT2D eigenvalue weighted by atomic mass is 35.5. The van der Waals surface area contributed by atoms with E-state index in [0.29, 0.717) is 17.2 Å². The summed E-state index contributed by atoms with van der Waals surface area (Å²) in [6.45, 7) is 0. The topological polar surface area (TPSA) is 60.2 Å². The van der Waals surface area contributed by atoms with Crippen molar-refractivity contribution in [3.63, 3.8) is 0 Å². The van der Waals surface area contributed by atoms with Crippen molar-refractivity contribution in [3.8, 4) is 0 Å². The lowest BCUT2D eigenvalue weighted by atomic mass is 10.3. The van der Waals surface area contributed by atoms with Crippen LogP contribution >= 0.6 is 23.4 Å². The van der Waals surface area contributed by atoms with Gasteiger partial charge in [-0.05, 0) is 30.7 Å². The van der Waals surface area contributed by atoms with Crippen LogP contribution in [0.2, 0.25) is 5.02 Å². The Kier molecular flexibility index (Phi) is 5.79. The lowest BCUT2D eigenvalue weighted by molar-refractivity contribution is 0.594. The second kappa shape index (κ2) is 6.64. The van der Waals surface area contributed by atoms with Crippen molar-refractivity contribution >= 4 is 33.2 Å². The Hall–Kier alpha value is -0.230. The van der Waals surface area contributed by atoms with Crippen molar-refractivity contribution in [1.29, 1.82) is 0 Å². The Morgan fingerprint density at radius 3 is 2.47 bits per heavy atom. The van der Waals surface area contributed by atoms with E-state index in [1.165, 1.54) is 6.26 Å². The summed E-state index contributed by atoms with van der Waals surface area (Å²) >= 11 is 7.38. The monoisotopic (exact) mass is 293 g/mol. The van der Waals surface area contributed by atoms with Gasteiger partial charge in [-0.25, -0.2) is 8.42 Å². The summed E-state index contributed by atoms with van der Waals surface area (Å²) in [7, 11) is -2.91. The summed E-state index contributed by atoms with van der Waals surface area (Å²) in [4.78, 5) is 1.09. The molecule has 0 fully saturated rings. The first-order chi connectivity index (χ1) is 7.87. The Morgan fingerprint density at radius 1 is 1.35 bits per heavy atom. The molecule has 0 aromatic heterocycles. The first-order valence-electron chi connectivity index (χ1n) is 5.18. The maximum atomic E-state index is 11.0. The number of hydrogen-bond acceptors (Lipinski definition) is 4. The fourth-order valence-electron chi connectivity index (χ4n) is 1.18. The fourth-order valence-corrected chi connectivity index (χ4v) is 2.94. The molecule has 1 rings (SSSR count). The van der Waals surface area contributed by atoms with E-state index >= 15 is 0 Å². The van der Waals surface area contributed by atoms with Gasteiger partial charge in [-0.2, -0.15) is 0 Å². The highest BCUT2D eigenvalue weighted by molar-refractivity contribution is 7.99. The third kappa shape index (κ3) is 6.93. The summed E-state index contributed by atoms with van der Waals surface area (Å²) in [6, 6.07) is 7.40. The van der Waals surface area contributed by atoms with E-state index in [0.717, 1.165) is 4.90 Å². The zero-order valence-corrected chi connectivity index (χ0v) is 12.0. The van der Waals surface area contributed by atoms with Crippen LogP contribution in [0.15, 0.2) is 29.2 Å². The molecular formula is C11H16ClNO2S2. The number of halogens is 1. The summed E-state index contributed by atoms with van der Waals surface area (Å²) in [5.74, 6) is 0.854. The molecule has 0 saturated heterocycles. The lowest BCUT2D eigenvalue weighted by Gasteiger charge is -2.10. The van der Waals surface area contributed by atoms with E-state index in [-0.39, 0.29) is 11.8 Å². The van der Waals surface area contributed by atoms with Gasteiger partial charge in [0.25, 0.3) is 0 Å². The molecule has 1 aromatic carbocycles. The van der Waals surface area contributed by atoms with Crippen LogP contribution in [0.1, 0.15) is 6.42 Å². The summed E-state index contributed by atoms with van der Waals surface area (Å²) in [5.41, 5.74) is 5.85. The summed E-state index contributed by atoms with van der Waals surface area (Å²) in [5, 5.41) is 0.704. The minimum absolute atomic E-state index is 0.106. The first-order valence-corrected chi connectivity index (χ1v) is 8.61. The van der Waals surface area contributed by atoms with Gasteiger partial charge in [0.1, 0.15) is 9.84 Å². The number of nitrogens with two attached hydrogens (primary N) is 1. The Morgan fingerprint density at radius 2 is 1.94 bits per heavy atom. The second-order valence-electron chi connectivity index (χ2n) is 3.94. The average Bonchev–Trinajstić information content (AvgIpc) is 2.25. The predicted octanol–water partition coefficient (Wildman–Crippen LogP) is 2.19. The van der Waals surface area contributed by atoms with Gasteiger partial charge in [-0.15, -0.1) is 11.8 Å². The molecule has 1 unspecified atom stereocenters. The molecule has 0 radical (unpaired) electrons. The van der Waals surface area contributed by atoms with Gasteiger partial charge in [0.15, 0.2) is 0 Å². The van der Waals surface area contributed by atoms with Gasteiger partial charge in [0, 0.05) is 28.0 Å². The van der Waals surface area contributed by atoms with Crippen molar-refractivity contribution < 1.29 is 8.42 Å². The maximum absolute atomic E-state index is 11.0. The standard InChI is InChI=1S/C11H16ClNO2S2/c1-17(14,15)7-6-10(13)8-16-11-4-2-9(12)3-5-11/h2-5,10H,6-8,13H2,1H3. The van der Waals surface area contributed by atoms with Crippen LogP contribution in [0, 0.1) is 0 Å². The van der Waals surface area contributed by atoms with Crippen LogP contribution in [0.25, 0.3) is 0 Å². The molecule has 3 nitrogen and oxygen atoms in total. The van der Waals surface area contributed by atoms with Crippen molar-refractivity contribution in [2.24, 2.45) is 5.73 Å². The Bertz CT molecular complexity index is 445. The third-order valence-electron chi connectivity index (χ3n) is 2.14. The SMILES string of the molecule is CS(=O)(=O)CCC(N)CSc1ccc(Cl)cc1. The van der Waals surface area contributed by atoms with Crippen LogP contribution in [-0.4, -0.2) is 32.2 Å². The number of hydrogen-bond donors (Lipinski definition) is 1. The quantitative estimate of drug-likeness (QED) is 0.817. The van der Waals surface area contributed by atoms with Crippen molar-refractivity contribution in [2.75, 3.05) is 17.8 Å². The molecule has 0 aliphatic carbocycles. The van der Waals surface area contributed by atoms with Gasteiger partial charge in [-0.3, -0.25) is 0 Å². The molecule has 1 atom stereocenters. The van der Waals surface area contributed by atoms with Crippen LogP contribution < -0.4 is 5.73 Å². The maximum Gasteiger partial charge on any atom is 0.147 e. The molecule has 0 saturated carbocycles. The highest BCUT2D eigenvalue weighted by Gasteiger charge is 2.08. The van der Waals surface area contributed by atoms with E-state index < -0.39 is 9.84 Å². The van der Waals surface area contributed by atoms with E-state index in [1.807, 2.05) is 24.3 Å². The van der Waals surface area contributed by atoms with Crippen LogP contribution in [0.3, 0.4) is 0 Å². The van der Waals surface area contributed by atoms with Crippen LogP contribution in [0.4, 0.5) is 0 Å². The second-order valence-corrected chi connectivity index (χ2v) is 7.73. The molecule has 0 amide bonds. The zero-order valence-electron chi connectivity index (χ0n) is 9.60. The predicted molar refractivity (Wildman–Crippen MR) is 74.5 cm³/mol. The van der Waals surface area contributed by atoms with E-state index in [2.05, 4.69) is 0 Å². The largest absolute Gasteiger partial charge is 0.327 e. The van der Waals surface area contributed by atoms with Crippen LogP contribution in [-0.2, 0) is 9.84 Å². The molecule has 96 valence electrons. The van der Waals surface area contributed by atoms with Gasteiger partial charge in [-0.1, -0.05) is 11.6 Å². The highest BCUT2D eigenvalue weighted by Crippen LogP contribution is 2.21. The number of rotatable bonds is 6. The molecule has 0 bridgehead atoms. The van der Waals surface area contributed by atoms with Gasteiger partial charge in [0.05, 0.1) is 5.75 Å². The molecule has 6 heteroatoms. The van der Waals surface area contributed by atoms with Crippen molar-refractivity contribution in [2.45, 2.75) is 17.4 Å². The summed E-state index contributed by atoms with van der Waals surface area (Å²) in [6.07, 6.45) is 1.73. The number of benzene rings is 1. The van der Waals surface area contributed by atoms with E-state index in [4.69, 9.17) is 17.3 Å².